The quantitative estimate of drug-likeness (QED) is 0.251. The lowest BCUT2D eigenvalue weighted by molar-refractivity contribution is -0.274. The summed E-state index contributed by atoms with van der Waals surface area (Å²) in [5.41, 5.74) is 3.51. The van der Waals surface area contributed by atoms with Gasteiger partial charge in [0, 0.05) is 17.3 Å². The highest BCUT2D eigenvalue weighted by Crippen LogP contribution is 2.38. The smallest absolute Gasteiger partial charge is 0.406 e. The molecule has 1 aromatic heterocycles. The van der Waals surface area contributed by atoms with Crippen molar-refractivity contribution in [2.75, 3.05) is 16.0 Å². The number of hydrogen-bond donors (Lipinski definition) is 1. The summed E-state index contributed by atoms with van der Waals surface area (Å²) < 4.78 is 42.5. The summed E-state index contributed by atoms with van der Waals surface area (Å²) >= 11 is 1.32. The van der Waals surface area contributed by atoms with E-state index >= 15 is 0 Å². The molecule has 0 radical (unpaired) electrons. The standard InChI is InChI=1S/C29H24F3N5O3S/c1-18(2)23-5-3-4-6-24(23)37-26(39)16-41-27(37)15-25(38)34-20-9-7-19(8-10-20)28-33-17-36(35-28)21-11-13-22(14-12-21)40-29(30,31)32/h3-15,17-18H,16H2,1-2H3,(H,34,38)/b27-15-. The maximum atomic E-state index is 12.8. The van der Waals surface area contributed by atoms with E-state index in [-0.39, 0.29) is 29.2 Å². The number of ether oxygens (including phenoxy) is 1. The van der Waals surface area contributed by atoms with E-state index in [1.165, 1.54) is 53.1 Å². The summed E-state index contributed by atoms with van der Waals surface area (Å²) in [4.78, 5) is 31.4. The summed E-state index contributed by atoms with van der Waals surface area (Å²) in [7, 11) is 0. The van der Waals surface area contributed by atoms with Gasteiger partial charge in [0.15, 0.2) is 5.82 Å². The van der Waals surface area contributed by atoms with E-state index in [1.807, 2.05) is 24.3 Å². The summed E-state index contributed by atoms with van der Waals surface area (Å²) in [5.74, 6) is 0.0663. The van der Waals surface area contributed by atoms with Crippen molar-refractivity contribution in [1.29, 1.82) is 0 Å². The number of benzene rings is 3. The predicted octanol–water partition coefficient (Wildman–Crippen LogP) is 6.52. The van der Waals surface area contributed by atoms with Crippen LogP contribution in [0.15, 0.2) is 90.2 Å². The Morgan fingerprint density at radius 1 is 1.05 bits per heavy atom. The van der Waals surface area contributed by atoms with Crippen molar-refractivity contribution < 1.29 is 27.5 Å². The Kier molecular flexibility index (Phi) is 7.84. The Hall–Kier alpha value is -4.58. The van der Waals surface area contributed by atoms with Gasteiger partial charge in [-0.25, -0.2) is 9.67 Å². The molecule has 0 unspecified atom stereocenters. The first-order valence-corrected chi connectivity index (χ1v) is 13.5. The third kappa shape index (κ3) is 6.60. The number of amides is 2. The number of halogens is 3. The van der Waals surface area contributed by atoms with Crippen LogP contribution in [0.5, 0.6) is 5.75 Å². The highest BCUT2D eigenvalue weighted by Gasteiger charge is 2.31. The van der Waals surface area contributed by atoms with E-state index in [2.05, 4.69) is 34.0 Å². The second-order valence-electron chi connectivity index (χ2n) is 9.33. The molecule has 0 spiro atoms. The van der Waals surface area contributed by atoms with Crippen LogP contribution in [0, 0.1) is 0 Å². The molecule has 12 heteroatoms. The molecule has 210 valence electrons. The second-order valence-corrected chi connectivity index (χ2v) is 10.3. The lowest BCUT2D eigenvalue weighted by Crippen LogP contribution is -2.26. The first-order chi connectivity index (χ1) is 19.6. The summed E-state index contributed by atoms with van der Waals surface area (Å²) in [6, 6.07) is 19.8. The maximum absolute atomic E-state index is 12.8. The zero-order valence-corrected chi connectivity index (χ0v) is 22.7. The Labute approximate surface area is 237 Å². The van der Waals surface area contributed by atoms with Crippen molar-refractivity contribution >= 4 is 35.0 Å². The van der Waals surface area contributed by atoms with Gasteiger partial charge in [0.1, 0.15) is 12.1 Å². The Morgan fingerprint density at radius 3 is 2.44 bits per heavy atom. The molecule has 1 saturated heterocycles. The average molecular weight is 580 g/mol. The number of thioether (sulfide) groups is 1. The second kappa shape index (κ2) is 11.5. The molecule has 2 heterocycles. The molecule has 5 rings (SSSR count). The van der Waals surface area contributed by atoms with Gasteiger partial charge >= 0.3 is 6.36 Å². The van der Waals surface area contributed by atoms with E-state index < -0.39 is 6.36 Å². The molecule has 1 fully saturated rings. The molecule has 2 amide bonds. The molecule has 1 N–H and O–H groups in total. The van der Waals surface area contributed by atoms with Crippen LogP contribution in [0.25, 0.3) is 17.1 Å². The first-order valence-electron chi connectivity index (χ1n) is 12.5. The zero-order chi connectivity index (χ0) is 29.1. The van der Waals surface area contributed by atoms with Crippen molar-refractivity contribution in [3.63, 3.8) is 0 Å². The highest BCUT2D eigenvalue weighted by molar-refractivity contribution is 8.04. The van der Waals surface area contributed by atoms with Crippen molar-refractivity contribution in [2.45, 2.75) is 26.1 Å². The molecule has 0 bridgehead atoms. The first kappa shape index (κ1) is 28.0. The Morgan fingerprint density at radius 2 is 1.76 bits per heavy atom. The highest BCUT2D eigenvalue weighted by atomic mass is 32.2. The number of nitrogens with one attached hydrogen (secondary N) is 1. The minimum Gasteiger partial charge on any atom is -0.406 e. The van der Waals surface area contributed by atoms with Crippen LogP contribution < -0.4 is 15.0 Å². The molecule has 8 nitrogen and oxygen atoms in total. The Balaban J connectivity index is 1.26. The third-order valence-corrected chi connectivity index (χ3v) is 7.09. The van der Waals surface area contributed by atoms with Crippen LogP contribution in [0.1, 0.15) is 25.3 Å². The van der Waals surface area contributed by atoms with Gasteiger partial charge < -0.3 is 10.1 Å². The molecule has 1 aliphatic rings. The van der Waals surface area contributed by atoms with Gasteiger partial charge in [0.05, 0.1) is 22.2 Å². The van der Waals surface area contributed by atoms with Crippen molar-refractivity contribution in [3.05, 3.63) is 95.8 Å². The number of para-hydroxylation sites is 1. The lowest BCUT2D eigenvalue weighted by atomic mass is 10.0. The van der Waals surface area contributed by atoms with Crippen LogP contribution in [0.3, 0.4) is 0 Å². The van der Waals surface area contributed by atoms with E-state index in [0.29, 0.717) is 27.8 Å². The number of carbonyl (C=O) groups excluding carboxylic acids is 2. The van der Waals surface area contributed by atoms with Gasteiger partial charge in [-0.3, -0.25) is 14.5 Å². The lowest BCUT2D eigenvalue weighted by Gasteiger charge is -2.22. The van der Waals surface area contributed by atoms with Crippen LogP contribution in [-0.2, 0) is 9.59 Å². The number of carbonyl (C=O) groups is 2. The average Bonchev–Trinajstić information content (AvgIpc) is 3.56. The molecule has 3 aromatic carbocycles. The summed E-state index contributed by atoms with van der Waals surface area (Å²) in [6.45, 7) is 4.11. The minimum absolute atomic E-state index is 0.0796. The fourth-order valence-electron chi connectivity index (χ4n) is 4.24. The van der Waals surface area contributed by atoms with Crippen LogP contribution in [-0.4, -0.2) is 38.7 Å². The van der Waals surface area contributed by atoms with Crippen LogP contribution >= 0.6 is 11.8 Å². The molecule has 0 aliphatic carbocycles. The molecule has 1 aliphatic heterocycles. The predicted molar refractivity (Wildman–Crippen MR) is 151 cm³/mol. The van der Waals surface area contributed by atoms with Gasteiger partial charge in [-0.05, 0) is 66.1 Å². The van der Waals surface area contributed by atoms with Gasteiger partial charge in [-0.1, -0.05) is 43.8 Å². The molecule has 0 atom stereocenters. The van der Waals surface area contributed by atoms with Gasteiger partial charge in [-0.15, -0.1) is 18.3 Å². The molecule has 4 aromatic rings. The van der Waals surface area contributed by atoms with Crippen molar-refractivity contribution in [3.8, 4) is 22.8 Å². The largest absolute Gasteiger partial charge is 0.573 e. The van der Waals surface area contributed by atoms with E-state index in [9.17, 15) is 22.8 Å². The SMILES string of the molecule is CC(C)c1ccccc1N1C(=O)CS/C1=C\C(=O)Nc1ccc(-c2ncn(-c3ccc(OC(F)(F)F)cc3)n2)cc1. The normalized spacial score (nSPS) is 14.6. The van der Waals surface area contributed by atoms with Crippen molar-refractivity contribution in [2.24, 2.45) is 0 Å². The number of aromatic nitrogens is 3. The van der Waals surface area contributed by atoms with Gasteiger partial charge in [0.25, 0.3) is 5.91 Å². The molecule has 41 heavy (non-hydrogen) atoms. The summed E-state index contributed by atoms with van der Waals surface area (Å²) in [5, 5.41) is 7.76. The Bertz CT molecular complexity index is 1600. The van der Waals surface area contributed by atoms with E-state index in [1.54, 1.807) is 29.2 Å². The number of anilines is 2. The third-order valence-electron chi connectivity index (χ3n) is 6.10. The number of nitrogens with zero attached hydrogens (tertiary/aromatic N) is 4. The fourth-order valence-corrected chi connectivity index (χ4v) is 5.16. The number of rotatable bonds is 7. The summed E-state index contributed by atoms with van der Waals surface area (Å²) in [6.07, 6.45) is -1.89. The monoisotopic (exact) mass is 579 g/mol. The zero-order valence-electron chi connectivity index (χ0n) is 21.9. The van der Waals surface area contributed by atoms with E-state index in [4.69, 9.17) is 0 Å². The van der Waals surface area contributed by atoms with Gasteiger partial charge in [-0.2, -0.15) is 0 Å². The van der Waals surface area contributed by atoms with Gasteiger partial charge in [0.2, 0.25) is 5.91 Å². The fraction of sp³-hybridized carbons (Fsp3) is 0.172. The van der Waals surface area contributed by atoms with E-state index in [0.717, 1.165) is 11.3 Å². The number of alkyl halides is 3. The minimum atomic E-state index is -4.76. The number of hydrogen-bond acceptors (Lipinski definition) is 6. The maximum Gasteiger partial charge on any atom is 0.573 e. The molecule has 0 saturated carbocycles. The molecular weight excluding hydrogens is 555 g/mol. The van der Waals surface area contributed by atoms with Crippen molar-refractivity contribution in [1.82, 2.24) is 14.8 Å². The topological polar surface area (TPSA) is 89.4 Å². The molecular formula is C29H24F3N5O3S. The van der Waals surface area contributed by atoms with Crippen LogP contribution in [0.2, 0.25) is 0 Å². The van der Waals surface area contributed by atoms with Crippen LogP contribution in [0.4, 0.5) is 24.5 Å².